The van der Waals surface area contributed by atoms with E-state index in [0.717, 1.165) is 9.87 Å². The molecule has 6 nitrogen and oxygen atoms in total. The highest BCUT2D eigenvalue weighted by Crippen LogP contribution is 2.13. The van der Waals surface area contributed by atoms with Crippen molar-refractivity contribution < 1.29 is 22.1 Å². The van der Waals surface area contributed by atoms with Gasteiger partial charge in [0, 0.05) is 14.1 Å². The Morgan fingerprint density at radius 1 is 1.24 bits per heavy atom. The van der Waals surface area contributed by atoms with E-state index in [9.17, 15) is 13.2 Å². The number of hydrogen-bond donors (Lipinski definition) is 0. The zero-order chi connectivity index (χ0) is 15.9. The van der Waals surface area contributed by atoms with Crippen LogP contribution in [0.2, 0.25) is 0 Å². The van der Waals surface area contributed by atoms with Gasteiger partial charge in [0.25, 0.3) is 0 Å². The molecule has 0 unspecified atom stereocenters. The van der Waals surface area contributed by atoms with Gasteiger partial charge in [-0.1, -0.05) is 30.3 Å². The first-order valence-corrected chi connectivity index (χ1v) is 8.04. The van der Waals surface area contributed by atoms with Gasteiger partial charge >= 0.3 is 16.3 Å². The summed E-state index contributed by atoms with van der Waals surface area (Å²) in [6.07, 6.45) is -0.388. The molecular formula is C14H21NO5S. The fraction of sp³-hybridized carbons (Fsp3) is 0.500. The molecule has 0 N–H and O–H groups in total. The second-order valence-electron chi connectivity index (χ2n) is 4.60. The van der Waals surface area contributed by atoms with Crippen LogP contribution in [-0.4, -0.2) is 45.5 Å². The van der Waals surface area contributed by atoms with E-state index in [1.807, 2.05) is 30.3 Å². The summed E-state index contributed by atoms with van der Waals surface area (Å²) in [7, 11) is -1.25. The number of aryl methyl sites for hydroxylation is 1. The summed E-state index contributed by atoms with van der Waals surface area (Å²) in [5.41, 5.74) is 0.998. The average Bonchev–Trinajstić information content (AvgIpc) is 2.44. The van der Waals surface area contributed by atoms with E-state index in [0.29, 0.717) is 6.42 Å². The van der Waals surface area contributed by atoms with Crippen LogP contribution in [0.1, 0.15) is 18.9 Å². The van der Waals surface area contributed by atoms with Gasteiger partial charge in [-0.2, -0.15) is 12.7 Å². The van der Waals surface area contributed by atoms with Crippen molar-refractivity contribution in [2.45, 2.75) is 25.9 Å². The zero-order valence-corrected chi connectivity index (χ0v) is 13.3. The number of ether oxygens (including phenoxy) is 1. The smallest absolute Gasteiger partial charge is 0.338 e. The van der Waals surface area contributed by atoms with Crippen LogP contribution in [0.25, 0.3) is 0 Å². The molecule has 0 aliphatic rings. The van der Waals surface area contributed by atoms with Gasteiger partial charge in [-0.3, -0.25) is 0 Å². The van der Waals surface area contributed by atoms with Crippen LogP contribution < -0.4 is 0 Å². The van der Waals surface area contributed by atoms with Crippen molar-refractivity contribution >= 4 is 16.3 Å². The Morgan fingerprint density at radius 3 is 2.38 bits per heavy atom. The molecule has 0 amide bonds. The largest absolute Gasteiger partial charge is 0.464 e. The lowest BCUT2D eigenvalue weighted by Gasteiger charge is -2.18. The maximum atomic E-state index is 11.8. The molecule has 21 heavy (non-hydrogen) atoms. The Labute approximate surface area is 125 Å². The summed E-state index contributed by atoms with van der Waals surface area (Å²) in [6, 6.07) is 9.46. The standard InChI is InChI=1S/C14H21NO5S/c1-4-19-14(16)13(20-21(17,18)15(2)3)11-10-12-8-6-5-7-9-12/h5-9,13H,4,10-11H2,1-3H3/t13-/m0/s1. The minimum Gasteiger partial charge on any atom is -0.464 e. The molecule has 0 bridgehead atoms. The molecule has 118 valence electrons. The molecule has 7 heteroatoms. The van der Waals surface area contributed by atoms with Crippen LogP contribution in [-0.2, 0) is 30.4 Å². The predicted octanol–water partition coefficient (Wildman–Crippen LogP) is 1.37. The lowest BCUT2D eigenvalue weighted by molar-refractivity contribution is -0.151. The van der Waals surface area contributed by atoms with Crippen LogP contribution in [0.4, 0.5) is 0 Å². The first-order valence-electron chi connectivity index (χ1n) is 6.68. The van der Waals surface area contributed by atoms with Gasteiger partial charge in [-0.05, 0) is 25.3 Å². The molecule has 0 aromatic heterocycles. The number of rotatable bonds is 8. The van der Waals surface area contributed by atoms with Gasteiger partial charge in [0.05, 0.1) is 6.61 Å². The monoisotopic (exact) mass is 315 g/mol. The molecule has 0 heterocycles. The highest BCUT2D eigenvalue weighted by atomic mass is 32.2. The third-order valence-corrected chi connectivity index (χ3v) is 4.14. The predicted molar refractivity (Wildman–Crippen MR) is 78.9 cm³/mol. The van der Waals surface area contributed by atoms with Crippen LogP contribution >= 0.6 is 0 Å². The molecule has 1 aromatic rings. The SMILES string of the molecule is CCOC(=O)[C@H](CCc1ccccc1)OS(=O)(=O)N(C)C. The minimum atomic E-state index is -3.93. The summed E-state index contributed by atoms with van der Waals surface area (Å²) in [5, 5.41) is 0. The van der Waals surface area contributed by atoms with Gasteiger partial charge in [0.2, 0.25) is 0 Å². The third-order valence-electron chi connectivity index (χ3n) is 2.77. The number of carbonyl (C=O) groups excluding carboxylic acids is 1. The van der Waals surface area contributed by atoms with Crippen molar-refractivity contribution in [3.8, 4) is 0 Å². The normalized spacial score (nSPS) is 13.1. The molecule has 0 aliphatic heterocycles. The number of carbonyl (C=O) groups is 1. The van der Waals surface area contributed by atoms with Gasteiger partial charge < -0.3 is 4.74 Å². The average molecular weight is 315 g/mol. The van der Waals surface area contributed by atoms with E-state index >= 15 is 0 Å². The second-order valence-corrected chi connectivity index (χ2v) is 6.38. The summed E-state index contributed by atoms with van der Waals surface area (Å²) in [6.45, 7) is 1.83. The van der Waals surface area contributed by atoms with Crippen LogP contribution in [0.5, 0.6) is 0 Å². The summed E-state index contributed by atoms with van der Waals surface area (Å²) >= 11 is 0. The second kappa shape index (κ2) is 8.11. The maximum absolute atomic E-state index is 11.8. The molecule has 1 rings (SSSR count). The topological polar surface area (TPSA) is 72.9 Å². The van der Waals surface area contributed by atoms with Crippen LogP contribution in [0.3, 0.4) is 0 Å². The Balaban J connectivity index is 2.76. The fourth-order valence-electron chi connectivity index (χ4n) is 1.62. The van der Waals surface area contributed by atoms with Crippen molar-refractivity contribution in [3.63, 3.8) is 0 Å². The lowest BCUT2D eigenvalue weighted by atomic mass is 10.1. The molecule has 0 saturated carbocycles. The Morgan fingerprint density at radius 2 is 1.86 bits per heavy atom. The summed E-state index contributed by atoms with van der Waals surface area (Å²) in [5.74, 6) is -0.668. The van der Waals surface area contributed by atoms with Crippen molar-refractivity contribution in [2.75, 3.05) is 20.7 Å². The van der Waals surface area contributed by atoms with Gasteiger partial charge in [-0.25, -0.2) is 8.98 Å². The molecular weight excluding hydrogens is 294 g/mol. The van der Waals surface area contributed by atoms with Crippen molar-refractivity contribution in [1.82, 2.24) is 4.31 Å². The van der Waals surface area contributed by atoms with Gasteiger partial charge in [0.1, 0.15) is 0 Å². The molecule has 1 aromatic carbocycles. The Hall–Kier alpha value is -1.44. The lowest BCUT2D eigenvalue weighted by Crippen LogP contribution is -2.35. The number of esters is 1. The molecule has 0 aliphatic carbocycles. The summed E-state index contributed by atoms with van der Waals surface area (Å²) < 4.78 is 34.3. The number of nitrogens with zero attached hydrogens (tertiary/aromatic N) is 1. The van der Waals surface area contributed by atoms with E-state index in [2.05, 4.69) is 0 Å². The highest BCUT2D eigenvalue weighted by Gasteiger charge is 2.28. The van der Waals surface area contributed by atoms with Crippen LogP contribution in [0.15, 0.2) is 30.3 Å². The van der Waals surface area contributed by atoms with E-state index in [1.54, 1.807) is 6.92 Å². The van der Waals surface area contributed by atoms with Crippen LogP contribution in [0, 0.1) is 0 Å². The van der Waals surface area contributed by atoms with E-state index in [1.165, 1.54) is 14.1 Å². The van der Waals surface area contributed by atoms with E-state index < -0.39 is 22.4 Å². The molecule has 0 saturated heterocycles. The van der Waals surface area contributed by atoms with Crippen molar-refractivity contribution in [2.24, 2.45) is 0 Å². The van der Waals surface area contributed by atoms with Crippen molar-refractivity contribution in [1.29, 1.82) is 0 Å². The zero-order valence-electron chi connectivity index (χ0n) is 12.5. The quantitative estimate of drug-likeness (QED) is 0.678. The number of benzene rings is 1. The molecule has 0 spiro atoms. The van der Waals surface area contributed by atoms with Gasteiger partial charge in [0.15, 0.2) is 6.10 Å². The molecule has 0 fully saturated rings. The third kappa shape index (κ3) is 5.82. The number of hydrogen-bond acceptors (Lipinski definition) is 5. The van der Waals surface area contributed by atoms with E-state index in [4.69, 9.17) is 8.92 Å². The maximum Gasteiger partial charge on any atom is 0.338 e. The molecule has 0 radical (unpaired) electrons. The fourth-order valence-corrected chi connectivity index (χ4v) is 2.26. The molecule has 1 atom stereocenters. The van der Waals surface area contributed by atoms with E-state index in [-0.39, 0.29) is 13.0 Å². The highest BCUT2D eigenvalue weighted by molar-refractivity contribution is 7.84. The summed E-state index contributed by atoms with van der Waals surface area (Å²) in [4.78, 5) is 11.8. The first kappa shape index (κ1) is 17.6. The first-order chi connectivity index (χ1) is 9.86. The minimum absolute atomic E-state index is 0.173. The van der Waals surface area contributed by atoms with Gasteiger partial charge in [-0.15, -0.1) is 0 Å². The Bertz CT molecular complexity index is 542. The van der Waals surface area contributed by atoms with Crippen molar-refractivity contribution in [3.05, 3.63) is 35.9 Å². The Kier molecular flexibility index (Phi) is 6.80.